The zero-order valence-electron chi connectivity index (χ0n) is 19.9. The fraction of sp³-hybridized carbons (Fsp3) is 0.167. The van der Waals surface area contributed by atoms with Crippen LogP contribution in [-0.2, 0) is 9.53 Å². The molecule has 0 aliphatic carbocycles. The minimum atomic E-state index is -0.625. The Balaban J connectivity index is 1.39. The van der Waals surface area contributed by atoms with Crippen molar-refractivity contribution < 1.29 is 28.5 Å². The van der Waals surface area contributed by atoms with E-state index in [1.54, 1.807) is 0 Å². The van der Waals surface area contributed by atoms with Crippen molar-refractivity contribution in [2.45, 2.75) is 6.10 Å². The van der Waals surface area contributed by atoms with Crippen molar-refractivity contribution in [3.8, 4) is 23.0 Å². The number of hydrogen-bond donors (Lipinski definition) is 0. The highest BCUT2D eigenvalue weighted by atomic mass is 16.6. The van der Waals surface area contributed by atoms with Gasteiger partial charge in [0.05, 0.1) is 0 Å². The van der Waals surface area contributed by atoms with E-state index in [1.807, 2.05) is 97.1 Å². The molecule has 0 bridgehead atoms. The van der Waals surface area contributed by atoms with E-state index in [4.69, 9.17) is 23.7 Å². The van der Waals surface area contributed by atoms with Crippen molar-refractivity contribution in [3.63, 3.8) is 0 Å². The molecule has 0 N–H and O–H groups in total. The standard InChI is InChI=1S/C30H28O6/c1-2-30(31)36-25(21-34-24-13-7-4-8-14-24)22-35-29-18-17-28(26-15-9-10-16-27(26)29)33-20-19-32-23-11-5-3-6-12-23/h2-18,25H,1,19-22H2. The van der Waals surface area contributed by atoms with Crippen molar-refractivity contribution in [1.82, 2.24) is 0 Å². The maximum Gasteiger partial charge on any atom is 0.330 e. The van der Waals surface area contributed by atoms with Gasteiger partial charge in [0.25, 0.3) is 0 Å². The molecule has 0 fully saturated rings. The summed E-state index contributed by atoms with van der Waals surface area (Å²) in [6.45, 7) is 4.55. The number of hydrogen-bond acceptors (Lipinski definition) is 6. The lowest BCUT2D eigenvalue weighted by atomic mass is 10.1. The van der Waals surface area contributed by atoms with Crippen LogP contribution in [0, 0.1) is 0 Å². The van der Waals surface area contributed by atoms with Gasteiger partial charge in [0.15, 0.2) is 6.10 Å². The van der Waals surface area contributed by atoms with Crippen molar-refractivity contribution in [1.29, 1.82) is 0 Å². The molecule has 0 heterocycles. The van der Waals surface area contributed by atoms with Crippen LogP contribution >= 0.6 is 0 Å². The molecule has 6 nitrogen and oxygen atoms in total. The van der Waals surface area contributed by atoms with Crippen LogP contribution in [-0.4, -0.2) is 38.5 Å². The van der Waals surface area contributed by atoms with Crippen LogP contribution < -0.4 is 18.9 Å². The molecule has 0 radical (unpaired) electrons. The Bertz CT molecular complexity index is 1260. The summed E-state index contributed by atoms with van der Waals surface area (Å²) in [4.78, 5) is 11.8. The first-order valence-electron chi connectivity index (χ1n) is 11.7. The molecule has 0 spiro atoms. The molecule has 0 saturated heterocycles. The van der Waals surface area contributed by atoms with E-state index in [2.05, 4.69) is 6.58 Å². The number of esters is 1. The Morgan fingerprint density at radius 2 is 1.14 bits per heavy atom. The minimum absolute atomic E-state index is 0.113. The van der Waals surface area contributed by atoms with Crippen LogP contribution in [0.1, 0.15) is 0 Å². The molecule has 0 aliphatic heterocycles. The summed E-state index contributed by atoms with van der Waals surface area (Å²) in [6.07, 6.45) is 0.499. The Kier molecular flexibility index (Phi) is 8.81. The van der Waals surface area contributed by atoms with Crippen LogP contribution in [0.25, 0.3) is 10.8 Å². The van der Waals surface area contributed by atoms with Crippen LogP contribution in [0.15, 0.2) is 110 Å². The Hall–Kier alpha value is -4.45. The number of para-hydroxylation sites is 2. The summed E-state index contributed by atoms with van der Waals surface area (Å²) >= 11 is 0. The second-order valence-corrected chi connectivity index (χ2v) is 7.82. The van der Waals surface area contributed by atoms with E-state index in [1.165, 1.54) is 0 Å². The SMILES string of the molecule is C=CC(=O)OC(COc1ccccc1)COc1ccc(OCCOc2ccccc2)c2ccccc12. The Morgan fingerprint density at radius 1 is 0.639 bits per heavy atom. The van der Waals surface area contributed by atoms with Crippen LogP contribution in [0.2, 0.25) is 0 Å². The van der Waals surface area contributed by atoms with Crippen molar-refractivity contribution in [2.75, 3.05) is 26.4 Å². The quantitative estimate of drug-likeness (QED) is 0.135. The van der Waals surface area contributed by atoms with Gasteiger partial charge in [0.2, 0.25) is 0 Å². The molecule has 184 valence electrons. The molecular formula is C30H28O6. The Labute approximate surface area is 210 Å². The molecule has 4 aromatic rings. The molecule has 0 saturated carbocycles. The van der Waals surface area contributed by atoms with E-state index in [9.17, 15) is 4.79 Å². The predicted octanol–water partition coefficient (Wildman–Crippen LogP) is 5.85. The molecule has 6 heteroatoms. The lowest BCUT2D eigenvalue weighted by Gasteiger charge is -2.19. The number of carbonyl (C=O) groups excluding carboxylic acids is 1. The van der Waals surface area contributed by atoms with E-state index < -0.39 is 12.1 Å². The van der Waals surface area contributed by atoms with Gasteiger partial charge in [-0.25, -0.2) is 4.79 Å². The lowest BCUT2D eigenvalue weighted by molar-refractivity contribution is -0.146. The molecule has 0 amide bonds. The van der Waals surface area contributed by atoms with Gasteiger partial charge in [-0.2, -0.15) is 0 Å². The summed E-state index contributed by atoms with van der Waals surface area (Å²) < 4.78 is 29.0. The maximum absolute atomic E-state index is 11.8. The molecule has 0 aliphatic rings. The molecule has 1 atom stereocenters. The largest absolute Gasteiger partial charge is 0.490 e. The number of ether oxygens (including phenoxy) is 5. The molecule has 1 unspecified atom stereocenters. The van der Waals surface area contributed by atoms with E-state index >= 15 is 0 Å². The third-order valence-electron chi connectivity index (χ3n) is 5.25. The fourth-order valence-electron chi connectivity index (χ4n) is 3.54. The number of carbonyl (C=O) groups is 1. The van der Waals surface area contributed by atoms with Crippen LogP contribution in [0.4, 0.5) is 0 Å². The maximum atomic E-state index is 11.8. The summed E-state index contributed by atoms with van der Waals surface area (Å²) in [7, 11) is 0. The van der Waals surface area contributed by atoms with E-state index in [0.29, 0.717) is 24.7 Å². The van der Waals surface area contributed by atoms with Gasteiger partial charge in [0, 0.05) is 16.8 Å². The molecule has 0 aromatic heterocycles. The highest BCUT2D eigenvalue weighted by Gasteiger charge is 2.17. The first-order valence-corrected chi connectivity index (χ1v) is 11.7. The molecular weight excluding hydrogens is 456 g/mol. The third kappa shape index (κ3) is 7.03. The average molecular weight is 485 g/mol. The third-order valence-corrected chi connectivity index (χ3v) is 5.25. The zero-order chi connectivity index (χ0) is 25.0. The predicted molar refractivity (Wildman–Crippen MR) is 139 cm³/mol. The second kappa shape index (κ2) is 12.9. The number of rotatable bonds is 13. The van der Waals surface area contributed by atoms with Crippen molar-refractivity contribution in [2.24, 2.45) is 0 Å². The van der Waals surface area contributed by atoms with Crippen LogP contribution in [0.5, 0.6) is 23.0 Å². The monoisotopic (exact) mass is 484 g/mol. The van der Waals surface area contributed by atoms with E-state index in [0.717, 1.165) is 28.3 Å². The van der Waals surface area contributed by atoms with Gasteiger partial charge in [-0.1, -0.05) is 67.2 Å². The summed E-state index contributed by atoms with van der Waals surface area (Å²) in [5.74, 6) is 2.33. The average Bonchev–Trinajstić information content (AvgIpc) is 2.94. The Morgan fingerprint density at radius 3 is 1.75 bits per heavy atom. The molecule has 36 heavy (non-hydrogen) atoms. The zero-order valence-corrected chi connectivity index (χ0v) is 19.9. The van der Waals surface area contributed by atoms with Gasteiger partial charge >= 0.3 is 5.97 Å². The van der Waals surface area contributed by atoms with Crippen LogP contribution in [0.3, 0.4) is 0 Å². The number of benzene rings is 4. The van der Waals surface area contributed by atoms with E-state index in [-0.39, 0.29) is 13.2 Å². The first kappa shape index (κ1) is 24.7. The highest BCUT2D eigenvalue weighted by Crippen LogP contribution is 2.33. The van der Waals surface area contributed by atoms with Gasteiger partial charge in [-0.3, -0.25) is 0 Å². The smallest absolute Gasteiger partial charge is 0.330 e. The van der Waals surface area contributed by atoms with Crippen molar-refractivity contribution in [3.05, 3.63) is 110 Å². The normalized spacial score (nSPS) is 11.3. The molecule has 4 rings (SSSR count). The lowest BCUT2D eigenvalue weighted by Crippen LogP contribution is -2.30. The highest BCUT2D eigenvalue weighted by molar-refractivity contribution is 5.93. The van der Waals surface area contributed by atoms with Gasteiger partial charge in [-0.05, 0) is 36.4 Å². The van der Waals surface area contributed by atoms with Gasteiger partial charge in [0.1, 0.15) is 49.4 Å². The number of fused-ring (bicyclic) bond motifs is 1. The summed E-state index contributed by atoms with van der Waals surface area (Å²) in [5.41, 5.74) is 0. The fourth-order valence-corrected chi connectivity index (χ4v) is 3.54. The topological polar surface area (TPSA) is 63.2 Å². The second-order valence-electron chi connectivity index (χ2n) is 7.82. The first-order chi connectivity index (χ1) is 17.7. The molecule has 4 aromatic carbocycles. The summed E-state index contributed by atoms with van der Waals surface area (Å²) in [5, 5.41) is 1.80. The van der Waals surface area contributed by atoms with Gasteiger partial charge < -0.3 is 23.7 Å². The summed E-state index contributed by atoms with van der Waals surface area (Å²) in [6, 6.07) is 30.5. The minimum Gasteiger partial charge on any atom is -0.490 e. The van der Waals surface area contributed by atoms with Gasteiger partial charge in [-0.15, -0.1) is 0 Å². The van der Waals surface area contributed by atoms with Crippen molar-refractivity contribution >= 4 is 16.7 Å².